The molecule has 0 aromatic heterocycles. The Kier molecular flexibility index (Phi) is 3.85. The number of piperidine rings is 1. The van der Waals surface area contributed by atoms with Crippen molar-refractivity contribution in [2.45, 2.75) is 43.4 Å². The third-order valence-electron chi connectivity index (χ3n) is 7.49. The first kappa shape index (κ1) is 17.2. The zero-order valence-corrected chi connectivity index (χ0v) is 15.6. The van der Waals surface area contributed by atoms with E-state index in [-0.39, 0.29) is 23.7 Å². The second kappa shape index (κ2) is 6.04. The van der Waals surface area contributed by atoms with E-state index in [1.54, 1.807) is 0 Å². The summed E-state index contributed by atoms with van der Waals surface area (Å²) in [4.78, 5) is 28.2. The minimum Gasteiger partial charge on any atom is -0.469 e. The largest absolute Gasteiger partial charge is 0.469 e. The van der Waals surface area contributed by atoms with Crippen LogP contribution in [-0.2, 0) is 9.53 Å². The Bertz CT molecular complexity index is 796. The molecule has 6 atom stereocenters. The van der Waals surface area contributed by atoms with Crippen LogP contribution in [-0.4, -0.2) is 59.6 Å². The molecule has 1 unspecified atom stereocenters. The van der Waals surface area contributed by atoms with E-state index < -0.39 is 17.6 Å². The lowest BCUT2D eigenvalue weighted by molar-refractivity contribution is -0.159. The second-order valence-corrected chi connectivity index (χ2v) is 8.59. The lowest BCUT2D eigenvalue weighted by Gasteiger charge is -2.49. The van der Waals surface area contributed by atoms with Crippen LogP contribution in [0.15, 0.2) is 24.3 Å². The third-order valence-corrected chi connectivity index (χ3v) is 7.49. The van der Waals surface area contributed by atoms with Gasteiger partial charge >= 0.3 is 5.97 Å². The van der Waals surface area contributed by atoms with E-state index in [2.05, 4.69) is 10.2 Å². The number of ketones is 1. The van der Waals surface area contributed by atoms with Gasteiger partial charge in [-0.3, -0.25) is 14.5 Å². The molecule has 27 heavy (non-hydrogen) atoms. The van der Waals surface area contributed by atoms with E-state index in [1.165, 1.54) is 7.11 Å². The maximum atomic E-state index is 13.3. The average molecular weight is 370 g/mol. The van der Waals surface area contributed by atoms with Gasteiger partial charge < -0.3 is 15.2 Å². The first-order valence-electron chi connectivity index (χ1n) is 9.97. The zero-order valence-electron chi connectivity index (χ0n) is 15.6. The van der Waals surface area contributed by atoms with Crippen molar-refractivity contribution >= 4 is 17.4 Å². The fourth-order valence-electron chi connectivity index (χ4n) is 6.21. The zero-order chi connectivity index (χ0) is 18.8. The Hall–Kier alpha value is -1.92. The SMILES string of the molecule is COC(=O)[C@@H]1[C@H]2C[C@@H]3N(CCC34Nc3ccccc3C4=O)C[C@@H]2CC[C@@H]1O. The van der Waals surface area contributed by atoms with Gasteiger partial charge in [-0.05, 0) is 49.7 Å². The van der Waals surface area contributed by atoms with Gasteiger partial charge in [0.15, 0.2) is 5.78 Å². The highest BCUT2D eigenvalue weighted by molar-refractivity contribution is 6.14. The van der Waals surface area contributed by atoms with Crippen LogP contribution in [0.25, 0.3) is 0 Å². The van der Waals surface area contributed by atoms with Gasteiger partial charge in [-0.25, -0.2) is 0 Å². The number of esters is 1. The molecule has 144 valence electrons. The highest BCUT2D eigenvalue weighted by atomic mass is 16.5. The van der Waals surface area contributed by atoms with Crippen LogP contribution < -0.4 is 5.32 Å². The Morgan fingerprint density at radius 1 is 1.33 bits per heavy atom. The van der Waals surface area contributed by atoms with Crippen LogP contribution in [0.3, 0.4) is 0 Å². The number of fused-ring (bicyclic) bond motifs is 4. The highest BCUT2D eigenvalue weighted by Crippen LogP contribution is 2.51. The minimum absolute atomic E-state index is 0.0520. The lowest BCUT2D eigenvalue weighted by Crippen LogP contribution is -2.60. The molecule has 1 aromatic rings. The Morgan fingerprint density at radius 2 is 2.15 bits per heavy atom. The van der Waals surface area contributed by atoms with Gasteiger partial charge in [-0.1, -0.05) is 12.1 Å². The summed E-state index contributed by atoms with van der Waals surface area (Å²) in [6.45, 7) is 1.79. The molecule has 3 heterocycles. The van der Waals surface area contributed by atoms with Crippen molar-refractivity contribution in [1.29, 1.82) is 0 Å². The predicted octanol–water partition coefficient (Wildman–Crippen LogP) is 1.69. The summed E-state index contributed by atoms with van der Waals surface area (Å²) < 4.78 is 5.01. The van der Waals surface area contributed by atoms with E-state index >= 15 is 0 Å². The summed E-state index contributed by atoms with van der Waals surface area (Å²) in [6, 6.07) is 7.78. The number of hydrogen-bond acceptors (Lipinski definition) is 6. The molecular weight excluding hydrogens is 344 g/mol. The van der Waals surface area contributed by atoms with Gasteiger partial charge in [0.2, 0.25) is 0 Å². The molecule has 1 aliphatic carbocycles. The predicted molar refractivity (Wildman–Crippen MR) is 99.4 cm³/mol. The smallest absolute Gasteiger partial charge is 0.311 e. The van der Waals surface area contributed by atoms with Crippen molar-refractivity contribution in [2.24, 2.45) is 17.8 Å². The molecule has 6 heteroatoms. The van der Waals surface area contributed by atoms with Gasteiger partial charge in [-0.2, -0.15) is 0 Å². The fourth-order valence-corrected chi connectivity index (χ4v) is 6.21. The molecule has 6 nitrogen and oxygen atoms in total. The number of Topliss-reactive ketones (excluding diaryl/α,β-unsaturated/α-hetero) is 1. The molecule has 3 fully saturated rings. The maximum Gasteiger partial charge on any atom is 0.311 e. The quantitative estimate of drug-likeness (QED) is 0.733. The number of para-hydroxylation sites is 1. The summed E-state index contributed by atoms with van der Waals surface area (Å²) in [5, 5.41) is 14.1. The fraction of sp³-hybridized carbons (Fsp3) is 0.619. The number of ether oxygens (including phenoxy) is 1. The third kappa shape index (κ3) is 2.32. The van der Waals surface area contributed by atoms with E-state index in [1.807, 2.05) is 24.3 Å². The van der Waals surface area contributed by atoms with Gasteiger partial charge in [-0.15, -0.1) is 0 Å². The normalized spacial score (nSPS) is 40.2. The molecule has 3 aliphatic heterocycles. The number of carbonyl (C=O) groups excluding carboxylic acids is 2. The summed E-state index contributed by atoms with van der Waals surface area (Å²) in [7, 11) is 1.39. The van der Waals surface area contributed by atoms with Crippen molar-refractivity contribution < 1.29 is 19.4 Å². The van der Waals surface area contributed by atoms with Crippen molar-refractivity contribution in [3.05, 3.63) is 29.8 Å². The number of aliphatic hydroxyl groups is 1. The van der Waals surface area contributed by atoms with E-state index in [0.29, 0.717) is 12.3 Å². The lowest BCUT2D eigenvalue weighted by atomic mass is 9.64. The molecule has 0 radical (unpaired) electrons. The van der Waals surface area contributed by atoms with Crippen molar-refractivity contribution in [3.63, 3.8) is 0 Å². The molecule has 4 aliphatic rings. The van der Waals surface area contributed by atoms with Gasteiger partial charge in [0, 0.05) is 30.4 Å². The average Bonchev–Trinajstić information content (AvgIpc) is 3.18. The summed E-state index contributed by atoms with van der Waals surface area (Å²) in [5.41, 5.74) is 1.09. The number of hydrogen-bond donors (Lipinski definition) is 2. The van der Waals surface area contributed by atoms with Gasteiger partial charge in [0.05, 0.1) is 19.1 Å². The van der Waals surface area contributed by atoms with Crippen LogP contribution in [0.2, 0.25) is 0 Å². The van der Waals surface area contributed by atoms with Crippen LogP contribution in [0.4, 0.5) is 5.69 Å². The van der Waals surface area contributed by atoms with E-state index in [9.17, 15) is 14.7 Å². The molecule has 2 N–H and O–H groups in total. The van der Waals surface area contributed by atoms with Crippen molar-refractivity contribution in [2.75, 3.05) is 25.5 Å². The number of benzene rings is 1. The maximum absolute atomic E-state index is 13.3. The first-order chi connectivity index (χ1) is 13.0. The first-order valence-corrected chi connectivity index (χ1v) is 9.97. The topological polar surface area (TPSA) is 78.9 Å². The minimum atomic E-state index is -0.646. The summed E-state index contributed by atoms with van der Waals surface area (Å²) in [6.07, 6.45) is 2.46. The molecule has 0 bridgehead atoms. The van der Waals surface area contributed by atoms with Crippen LogP contribution in [0.5, 0.6) is 0 Å². The van der Waals surface area contributed by atoms with Crippen molar-refractivity contribution in [3.8, 4) is 0 Å². The second-order valence-electron chi connectivity index (χ2n) is 8.59. The number of rotatable bonds is 1. The molecule has 1 spiro atoms. The summed E-state index contributed by atoms with van der Waals surface area (Å²) in [5.74, 6) is -0.173. The van der Waals surface area contributed by atoms with E-state index in [0.717, 1.165) is 43.6 Å². The number of methoxy groups -OCH3 is 1. The number of anilines is 1. The molecule has 1 saturated carbocycles. The Labute approximate surface area is 158 Å². The number of nitrogens with one attached hydrogen (secondary N) is 1. The Morgan fingerprint density at radius 3 is 2.93 bits per heavy atom. The van der Waals surface area contributed by atoms with Gasteiger partial charge in [0.1, 0.15) is 5.54 Å². The Balaban J connectivity index is 1.48. The van der Waals surface area contributed by atoms with Gasteiger partial charge in [0.25, 0.3) is 0 Å². The standard InChI is InChI=1S/C21H26N2O4/c1-27-20(26)18-14-10-17-21(19(25)13-4-2-3-5-15(13)22-21)8-9-23(17)11-12(14)6-7-16(18)24/h2-5,12,14,16-18,22,24H,6-11H2,1H3/t12-,14-,16-,17-,18+,21?/m0/s1. The molecular formula is C21H26N2O4. The van der Waals surface area contributed by atoms with Crippen LogP contribution in [0, 0.1) is 17.8 Å². The molecule has 2 saturated heterocycles. The monoisotopic (exact) mass is 370 g/mol. The molecule has 5 rings (SSSR count). The van der Waals surface area contributed by atoms with Crippen LogP contribution >= 0.6 is 0 Å². The van der Waals surface area contributed by atoms with E-state index in [4.69, 9.17) is 4.74 Å². The summed E-state index contributed by atoms with van der Waals surface area (Å²) >= 11 is 0. The number of aliphatic hydroxyl groups excluding tert-OH is 1. The molecule has 1 aromatic carbocycles. The van der Waals surface area contributed by atoms with Crippen molar-refractivity contribution in [1.82, 2.24) is 4.90 Å². The number of carbonyl (C=O) groups is 2. The number of nitrogens with zero attached hydrogens (tertiary/aromatic N) is 1. The van der Waals surface area contributed by atoms with Crippen LogP contribution in [0.1, 0.15) is 36.0 Å². The molecule has 0 amide bonds. The highest BCUT2D eigenvalue weighted by Gasteiger charge is 2.60.